The van der Waals surface area contributed by atoms with Crippen LogP contribution in [0, 0.1) is 0 Å². The minimum Gasteiger partial charge on any atom is -0.354 e. The molecule has 1 saturated heterocycles. The van der Waals surface area contributed by atoms with Crippen molar-refractivity contribution in [2.75, 3.05) is 37.6 Å². The van der Waals surface area contributed by atoms with Crippen LogP contribution in [0.3, 0.4) is 0 Å². The van der Waals surface area contributed by atoms with Crippen LogP contribution >= 0.6 is 11.3 Å². The molecule has 2 aromatic heterocycles. The summed E-state index contributed by atoms with van der Waals surface area (Å²) in [4.78, 5) is 9.26. The Kier molecular flexibility index (Phi) is 4.30. The zero-order valence-electron chi connectivity index (χ0n) is 11.5. The Labute approximate surface area is 123 Å². The summed E-state index contributed by atoms with van der Waals surface area (Å²) >= 11 is 1.74. The van der Waals surface area contributed by atoms with Gasteiger partial charge in [-0.2, -0.15) is 11.3 Å². The second kappa shape index (κ2) is 6.35. The van der Waals surface area contributed by atoms with Crippen LogP contribution in [-0.2, 0) is 0 Å². The Morgan fingerprint density at radius 3 is 2.65 bits per heavy atom. The van der Waals surface area contributed by atoms with Crippen LogP contribution in [0.15, 0.2) is 41.2 Å². The highest BCUT2D eigenvalue weighted by atomic mass is 32.1. The van der Waals surface area contributed by atoms with Gasteiger partial charge >= 0.3 is 0 Å². The van der Waals surface area contributed by atoms with Gasteiger partial charge in [-0.05, 0) is 34.5 Å². The van der Waals surface area contributed by atoms with Crippen LogP contribution in [0.1, 0.15) is 11.6 Å². The third-order valence-electron chi connectivity index (χ3n) is 3.88. The normalized spacial score (nSPS) is 18.1. The fraction of sp³-hybridized carbons (Fsp3) is 0.400. The van der Waals surface area contributed by atoms with E-state index in [0.29, 0.717) is 12.6 Å². The van der Waals surface area contributed by atoms with E-state index in [1.54, 1.807) is 11.3 Å². The Morgan fingerprint density at radius 1 is 1.20 bits per heavy atom. The fourth-order valence-corrected chi connectivity index (χ4v) is 3.47. The van der Waals surface area contributed by atoms with Gasteiger partial charge in [-0.3, -0.25) is 4.90 Å². The molecule has 0 aliphatic carbocycles. The van der Waals surface area contributed by atoms with Crippen LogP contribution in [0.4, 0.5) is 5.82 Å². The molecule has 5 heteroatoms. The number of thiophene rings is 1. The van der Waals surface area contributed by atoms with Crippen molar-refractivity contribution in [2.24, 2.45) is 5.73 Å². The molecule has 1 unspecified atom stereocenters. The first kappa shape index (κ1) is 13.5. The van der Waals surface area contributed by atoms with Crippen molar-refractivity contribution in [1.29, 1.82) is 0 Å². The van der Waals surface area contributed by atoms with E-state index in [2.05, 4.69) is 37.7 Å². The van der Waals surface area contributed by atoms with Gasteiger partial charge in [0.15, 0.2) is 0 Å². The number of piperazine rings is 1. The molecular formula is C15H20N4S. The summed E-state index contributed by atoms with van der Waals surface area (Å²) in [6.07, 6.45) is 1.86. The quantitative estimate of drug-likeness (QED) is 0.934. The highest BCUT2D eigenvalue weighted by Crippen LogP contribution is 2.24. The molecule has 4 nitrogen and oxygen atoms in total. The molecule has 0 aromatic carbocycles. The first-order valence-corrected chi connectivity index (χ1v) is 7.95. The minimum atomic E-state index is 0.354. The van der Waals surface area contributed by atoms with E-state index in [-0.39, 0.29) is 0 Å². The van der Waals surface area contributed by atoms with E-state index < -0.39 is 0 Å². The highest BCUT2D eigenvalue weighted by Gasteiger charge is 2.24. The summed E-state index contributed by atoms with van der Waals surface area (Å²) in [5, 5.41) is 4.34. The smallest absolute Gasteiger partial charge is 0.128 e. The van der Waals surface area contributed by atoms with Gasteiger partial charge in [0.25, 0.3) is 0 Å². The van der Waals surface area contributed by atoms with Gasteiger partial charge in [0.1, 0.15) is 5.82 Å². The molecule has 2 aromatic rings. The molecule has 1 fully saturated rings. The lowest BCUT2D eigenvalue weighted by Crippen LogP contribution is -2.49. The van der Waals surface area contributed by atoms with Gasteiger partial charge in [0, 0.05) is 45.0 Å². The van der Waals surface area contributed by atoms with Crippen molar-refractivity contribution in [3.8, 4) is 0 Å². The molecule has 3 heterocycles. The minimum absolute atomic E-state index is 0.354. The number of nitrogens with zero attached hydrogens (tertiary/aromatic N) is 3. The Bertz CT molecular complexity index is 506. The number of rotatable bonds is 4. The topological polar surface area (TPSA) is 45.4 Å². The summed E-state index contributed by atoms with van der Waals surface area (Å²) in [5.41, 5.74) is 7.33. The molecule has 106 valence electrons. The molecule has 1 aliphatic heterocycles. The first-order valence-electron chi connectivity index (χ1n) is 7.00. The molecule has 20 heavy (non-hydrogen) atoms. The second-order valence-corrected chi connectivity index (χ2v) is 5.80. The molecule has 0 spiro atoms. The molecule has 3 rings (SSSR count). The maximum Gasteiger partial charge on any atom is 0.128 e. The van der Waals surface area contributed by atoms with Crippen LogP contribution in [0.5, 0.6) is 0 Å². The number of anilines is 1. The van der Waals surface area contributed by atoms with E-state index in [1.807, 2.05) is 18.3 Å². The van der Waals surface area contributed by atoms with Crippen LogP contribution in [-0.4, -0.2) is 42.6 Å². The van der Waals surface area contributed by atoms with Gasteiger partial charge < -0.3 is 10.6 Å². The fourth-order valence-electron chi connectivity index (χ4n) is 2.76. The first-order chi connectivity index (χ1) is 9.88. The molecule has 1 aliphatic rings. The summed E-state index contributed by atoms with van der Waals surface area (Å²) < 4.78 is 0. The lowest BCUT2D eigenvalue weighted by Gasteiger charge is -2.39. The molecule has 1 atom stereocenters. The van der Waals surface area contributed by atoms with Crippen molar-refractivity contribution in [1.82, 2.24) is 9.88 Å². The highest BCUT2D eigenvalue weighted by molar-refractivity contribution is 7.07. The summed E-state index contributed by atoms with van der Waals surface area (Å²) in [6, 6.07) is 8.62. The predicted molar refractivity (Wildman–Crippen MR) is 84.1 cm³/mol. The Hall–Kier alpha value is -1.43. The zero-order valence-corrected chi connectivity index (χ0v) is 12.3. The van der Waals surface area contributed by atoms with Crippen molar-refractivity contribution in [2.45, 2.75) is 6.04 Å². The number of hydrogen-bond acceptors (Lipinski definition) is 5. The molecule has 0 amide bonds. The second-order valence-electron chi connectivity index (χ2n) is 5.02. The Morgan fingerprint density at radius 2 is 2.05 bits per heavy atom. The molecule has 0 saturated carbocycles. The van der Waals surface area contributed by atoms with Crippen molar-refractivity contribution >= 4 is 17.2 Å². The van der Waals surface area contributed by atoms with E-state index in [0.717, 1.165) is 32.0 Å². The average molecular weight is 288 g/mol. The van der Waals surface area contributed by atoms with Gasteiger partial charge in [-0.1, -0.05) is 6.07 Å². The molecular weight excluding hydrogens is 268 g/mol. The van der Waals surface area contributed by atoms with Crippen molar-refractivity contribution in [3.63, 3.8) is 0 Å². The molecule has 0 bridgehead atoms. The van der Waals surface area contributed by atoms with E-state index in [1.165, 1.54) is 5.56 Å². The number of aromatic nitrogens is 1. The maximum absolute atomic E-state index is 5.98. The third-order valence-corrected chi connectivity index (χ3v) is 4.58. The largest absolute Gasteiger partial charge is 0.354 e. The van der Waals surface area contributed by atoms with E-state index in [9.17, 15) is 0 Å². The van der Waals surface area contributed by atoms with Gasteiger partial charge in [0.2, 0.25) is 0 Å². The predicted octanol–water partition coefficient (Wildman–Crippen LogP) is 1.97. The number of hydrogen-bond donors (Lipinski definition) is 1. The van der Waals surface area contributed by atoms with E-state index >= 15 is 0 Å². The molecule has 2 N–H and O–H groups in total. The van der Waals surface area contributed by atoms with Crippen molar-refractivity contribution < 1.29 is 0 Å². The van der Waals surface area contributed by atoms with Crippen molar-refractivity contribution in [3.05, 3.63) is 46.8 Å². The average Bonchev–Trinajstić information content (AvgIpc) is 3.04. The SMILES string of the molecule is NCC(c1ccsc1)N1CCN(c2ccccn2)CC1. The maximum atomic E-state index is 5.98. The number of pyridine rings is 1. The van der Waals surface area contributed by atoms with Gasteiger partial charge in [0.05, 0.1) is 0 Å². The van der Waals surface area contributed by atoms with Crippen LogP contribution in [0.25, 0.3) is 0 Å². The summed E-state index contributed by atoms with van der Waals surface area (Å²) in [5.74, 6) is 1.08. The zero-order chi connectivity index (χ0) is 13.8. The summed E-state index contributed by atoms with van der Waals surface area (Å²) in [6.45, 7) is 4.78. The third kappa shape index (κ3) is 2.85. The Balaban J connectivity index is 1.63. The van der Waals surface area contributed by atoms with Crippen LogP contribution in [0.2, 0.25) is 0 Å². The van der Waals surface area contributed by atoms with Gasteiger partial charge in [-0.15, -0.1) is 0 Å². The molecule has 0 radical (unpaired) electrons. The standard InChI is InChI=1S/C15H20N4S/c16-11-14(13-4-10-20-12-13)18-6-8-19(9-7-18)15-3-1-2-5-17-15/h1-5,10,12,14H,6-9,11,16H2. The number of nitrogens with two attached hydrogens (primary N) is 1. The van der Waals surface area contributed by atoms with E-state index in [4.69, 9.17) is 5.73 Å². The van der Waals surface area contributed by atoms with Gasteiger partial charge in [-0.25, -0.2) is 4.98 Å². The monoisotopic (exact) mass is 288 g/mol. The lowest BCUT2D eigenvalue weighted by molar-refractivity contribution is 0.190. The summed E-state index contributed by atoms with van der Waals surface area (Å²) in [7, 11) is 0. The van der Waals surface area contributed by atoms with Crippen LogP contribution < -0.4 is 10.6 Å². The lowest BCUT2D eigenvalue weighted by atomic mass is 10.1.